The lowest BCUT2D eigenvalue weighted by atomic mass is 9.69. The van der Waals surface area contributed by atoms with Gasteiger partial charge in [0.15, 0.2) is 0 Å². The van der Waals surface area contributed by atoms with Crippen LogP contribution in [-0.4, -0.2) is 58.9 Å². The second-order valence-electron chi connectivity index (χ2n) is 6.70. The standard InChI is InChI=1S/C16H23FN2O4/c1-8(20)11-13-10-4-2-3-9(7-18-6-5-17)12(10)14(16(22)23)19(13)15(11)21/h8-11,13,18,20H,2-7H2,1H3,(H,22,23)/t8-,9-,10+,11-,13-/m1/s1. The van der Waals surface area contributed by atoms with Crippen molar-refractivity contribution in [3.8, 4) is 0 Å². The van der Waals surface area contributed by atoms with E-state index in [9.17, 15) is 24.2 Å². The second kappa shape index (κ2) is 6.20. The van der Waals surface area contributed by atoms with Crippen molar-refractivity contribution in [3.63, 3.8) is 0 Å². The molecule has 3 rings (SSSR count). The monoisotopic (exact) mass is 326 g/mol. The summed E-state index contributed by atoms with van der Waals surface area (Å²) in [5.41, 5.74) is 0.922. The number of carbonyl (C=O) groups is 2. The Hall–Kier alpha value is -1.47. The number of amides is 1. The number of halogens is 1. The van der Waals surface area contributed by atoms with E-state index in [1.54, 1.807) is 6.92 Å². The molecular formula is C16H23FN2O4. The fraction of sp³-hybridized carbons (Fsp3) is 0.750. The number of carboxylic acid groups (broad SMARTS) is 1. The number of fused-ring (bicyclic) bond motifs is 3. The van der Waals surface area contributed by atoms with Crippen molar-refractivity contribution in [3.05, 3.63) is 11.3 Å². The van der Waals surface area contributed by atoms with Crippen molar-refractivity contribution in [1.82, 2.24) is 10.2 Å². The minimum atomic E-state index is -1.08. The van der Waals surface area contributed by atoms with Gasteiger partial charge in [-0.25, -0.2) is 9.18 Å². The lowest BCUT2D eigenvalue weighted by Crippen LogP contribution is -2.64. The maximum Gasteiger partial charge on any atom is 0.352 e. The average molecular weight is 326 g/mol. The first kappa shape index (κ1) is 16.4. The number of carbonyl (C=O) groups excluding carboxylic acids is 1. The molecule has 2 heterocycles. The molecule has 0 aromatic carbocycles. The molecule has 2 fully saturated rings. The Morgan fingerprint density at radius 3 is 2.83 bits per heavy atom. The molecule has 7 heteroatoms. The summed E-state index contributed by atoms with van der Waals surface area (Å²) in [5.74, 6) is -1.87. The molecule has 3 aliphatic rings. The van der Waals surface area contributed by atoms with Crippen molar-refractivity contribution in [1.29, 1.82) is 0 Å². The Balaban J connectivity index is 1.91. The highest BCUT2D eigenvalue weighted by Crippen LogP contribution is 2.53. The Bertz CT molecular complexity index is 548. The van der Waals surface area contributed by atoms with Crippen molar-refractivity contribution >= 4 is 11.9 Å². The lowest BCUT2D eigenvalue weighted by Gasteiger charge is -2.47. The van der Waals surface area contributed by atoms with E-state index in [0.29, 0.717) is 6.54 Å². The van der Waals surface area contributed by atoms with E-state index >= 15 is 0 Å². The molecule has 23 heavy (non-hydrogen) atoms. The van der Waals surface area contributed by atoms with Gasteiger partial charge in [-0.05, 0) is 31.3 Å². The van der Waals surface area contributed by atoms with Gasteiger partial charge in [0.1, 0.15) is 12.4 Å². The number of nitrogens with one attached hydrogen (secondary N) is 1. The summed E-state index contributed by atoms with van der Waals surface area (Å²) >= 11 is 0. The lowest BCUT2D eigenvalue weighted by molar-refractivity contribution is -0.163. The van der Waals surface area contributed by atoms with Crippen molar-refractivity contribution < 1.29 is 24.2 Å². The first-order chi connectivity index (χ1) is 11.0. The summed E-state index contributed by atoms with van der Waals surface area (Å²) in [6.07, 6.45) is 1.86. The van der Waals surface area contributed by atoms with Gasteiger partial charge < -0.3 is 20.4 Å². The molecule has 6 nitrogen and oxygen atoms in total. The van der Waals surface area contributed by atoms with Crippen LogP contribution in [0, 0.1) is 17.8 Å². The van der Waals surface area contributed by atoms with E-state index in [-0.39, 0.29) is 36.0 Å². The molecule has 1 amide bonds. The maximum absolute atomic E-state index is 12.3. The molecule has 2 aliphatic heterocycles. The normalized spacial score (nSPS) is 34.0. The van der Waals surface area contributed by atoms with Crippen molar-refractivity contribution in [2.45, 2.75) is 38.3 Å². The molecule has 128 valence electrons. The molecule has 1 aliphatic carbocycles. The van der Waals surface area contributed by atoms with Crippen LogP contribution in [0.15, 0.2) is 11.3 Å². The predicted octanol–water partition coefficient (Wildman–Crippen LogP) is 0.522. The number of aliphatic carboxylic acids is 1. The van der Waals surface area contributed by atoms with Crippen molar-refractivity contribution in [2.24, 2.45) is 17.8 Å². The Kier molecular flexibility index (Phi) is 4.42. The van der Waals surface area contributed by atoms with Crippen LogP contribution >= 0.6 is 0 Å². The summed E-state index contributed by atoms with van der Waals surface area (Å²) in [7, 11) is 0. The van der Waals surface area contributed by atoms with Gasteiger partial charge in [-0.1, -0.05) is 6.42 Å². The third kappa shape index (κ3) is 2.46. The summed E-state index contributed by atoms with van der Waals surface area (Å²) in [6.45, 7) is 1.90. The van der Waals surface area contributed by atoms with E-state index < -0.39 is 24.7 Å². The zero-order valence-electron chi connectivity index (χ0n) is 13.2. The smallest absolute Gasteiger partial charge is 0.352 e. The zero-order valence-corrected chi connectivity index (χ0v) is 13.2. The van der Waals surface area contributed by atoms with E-state index in [4.69, 9.17) is 0 Å². The van der Waals surface area contributed by atoms with Gasteiger partial charge in [-0.3, -0.25) is 4.79 Å². The maximum atomic E-state index is 12.3. The first-order valence-corrected chi connectivity index (χ1v) is 8.24. The van der Waals surface area contributed by atoms with Gasteiger partial charge in [0, 0.05) is 19.0 Å². The highest BCUT2D eigenvalue weighted by Gasteiger charge is 2.62. The fourth-order valence-corrected chi connectivity index (χ4v) is 4.56. The van der Waals surface area contributed by atoms with Gasteiger partial charge in [0.25, 0.3) is 0 Å². The largest absolute Gasteiger partial charge is 0.477 e. The Labute approximate surface area is 134 Å². The summed E-state index contributed by atoms with van der Waals surface area (Å²) in [6, 6.07) is -0.229. The molecule has 3 N–H and O–H groups in total. The molecule has 0 aromatic heterocycles. The second-order valence-corrected chi connectivity index (χ2v) is 6.70. The van der Waals surface area contributed by atoms with E-state index in [0.717, 1.165) is 24.8 Å². The molecule has 1 saturated heterocycles. The third-order valence-corrected chi connectivity index (χ3v) is 5.41. The Morgan fingerprint density at radius 1 is 1.48 bits per heavy atom. The van der Waals surface area contributed by atoms with Crippen LogP contribution in [0.3, 0.4) is 0 Å². The number of nitrogens with zero attached hydrogens (tertiary/aromatic N) is 1. The fourth-order valence-electron chi connectivity index (χ4n) is 4.56. The molecule has 1 saturated carbocycles. The summed E-state index contributed by atoms with van der Waals surface area (Å²) in [5, 5.41) is 22.5. The Morgan fingerprint density at radius 2 is 2.22 bits per heavy atom. The van der Waals surface area contributed by atoms with Gasteiger partial charge in [0.05, 0.1) is 18.1 Å². The quantitative estimate of drug-likeness (QED) is 0.489. The van der Waals surface area contributed by atoms with Crippen LogP contribution in [0.1, 0.15) is 26.2 Å². The highest BCUT2D eigenvalue weighted by molar-refractivity contribution is 6.00. The van der Waals surface area contributed by atoms with Crippen LogP contribution in [0.25, 0.3) is 0 Å². The number of rotatable bonds is 6. The first-order valence-electron chi connectivity index (χ1n) is 8.24. The van der Waals surface area contributed by atoms with Gasteiger partial charge in [-0.15, -0.1) is 0 Å². The van der Waals surface area contributed by atoms with E-state index in [2.05, 4.69) is 5.32 Å². The number of β-lactam (4-membered cyclic amide) rings is 1. The molecule has 0 bridgehead atoms. The van der Waals surface area contributed by atoms with Crippen LogP contribution in [0.2, 0.25) is 0 Å². The molecular weight excluding hydrogens is 303 g/mol. The summed E-state index contributed by atoms with van der Waals surface area (Å²) < 4.78 is 12.3. The zero-order chi connectivity index (χ0) is 16.7. The van der Waals surface area contributed by atoms with Gasteiger partial charge in [-0.2, -0.15) is 0 Å². The minimum Gasteiger partial charge on any atom is -0.477 e. The minimum absolute atomic E-state index is 0.00401. The molecule has 0 radical (unpaired) electrons. The number of aliphatic hydroxyl groups is 1. The third-order valence-electron chi connectivity index (χ3n) is 5.41. The number of aliphatic hydroxyl groups excluding tert-OH is 1. The van der Waals surface area contributed by atoms with Gasteiger partial charge in [0.2, 0.25) is 5.91 Å². The molecule has 5 atom stereocenters. The van der Waals surface area contributed by atoms with E-state index in [1.165, 1.54) is 4.90 Å². The number of carboxylic acids is 1. The van der Waals surface area contributed by atoms with Crippen LogP contribution in [0.5, 0.6) is 0 Å². The topological polar surface area (TPSA) is 89.9 Å². The number of hydrogen-bond donors (Lipinski definition) is 3. The number of hydrogen-bond acceptors (Lipinski definition) is 4. The van der Waals surface area contributed by atoms with Crippen molar-refractivity contribution in [2.75, 3.05) is 19.8 Å². The highest BCUT2D eigenvalue weighted by atomic mass is 19.1. The van der Waals surface area contributed by atoms with Gasteiger partial charge >= 0.3 is 5.97 Å². The molecule has 0 spiro atoms. The SMILES string of the molecule is C[C@@H](O)[C@H]1C(=O)N2C(C(=O)O)=C3[C@@H](CNCCF)CCC[C@@H]3[C@H]12. The average Bonchev–Trinajstić information content (AvgIpc) is 2.79. The van der Waals surface area contributed by atoms with Crippen LogP contribution in [-0.2, 0) is 9.59 Å². The number of alkyl halides is 1. The van der Waals surface area contributed by atoms with Crippen LogP contribution in [0.4, 0.5) is 4.39 Å². The van der Waals surface area contributed by atoms with Crippen LogP contribution < -0.4 is 5.32 Å². The predicted molar refractivity (Wildman–Crippen MR) is 80.1 cm³/mol. The molecule has 0 unspecified atom stereocenters. The summed E-state index contributed by atoms with van der Waals surface area (Å²) in [4.78, 5) is 25.4. The van der Waals surface area contributed by atoms with E-state index in [1.807, 2.05) is 0 Å². The molecule has 0 aromatic rings.